The number of halogens is 1. The van der Waals surface area contributed by atoms with Gasteiger partial charge in [-0.15, -0.1) is 0 Å². The van der Waals surface area contributed by atoms with Crippen LogP contribution in [0.25, 0.3) is 11.2 Å². The number of nitrogens with one attached hydrogen (secondary N) is 1. The molecule has 0 aliphatic carbocycles. The molecule has 2 aromatic heterocycles. The number of carbonyl (C=O) groups excluding carboxylic acids is 1. The third-order valence-corrected chi connectivity index (χ3v) is 12.2. The van der Waals surface area contributed by atoms with E-state index >= 15 is 0 Å². The number of unbranched alkanes of at least 4 members (excludes halogenated alkanes) is 14. The summed E-state index contributed by atoms with van der Waals surface area (Å²) < 4.78 is 54.2. The number of nitrogens with two attached hydrogens (primary N) is 1. The largest absolute Gasteiger partial charge is 0.465 e. The molecule has 0 bridgehead atoms. The number of anilines is 1. The molecule has 3 heterocycles. The van der Waals surface area contributed by atoms with E-state index in [0.717, 1.165) is 24.8 Å². The molecule has 0 radical (unpaired) electrons. The van der Waals surface area contributed by atoms with Crippen LogP contribution in [0, 0.1) is 6.08 Å². The van der Waals surface area contributed by atoms with Gasteiger partial charge in [-0.2, -0.15) is 19.4 Å². The number of benzene rings is 2. The lowest BCUT2D eigenvalue weighted by Crippen LogP contribution is -2.43. The number of hydrogen-bond donors (Lipinski definition) is 3. The Bertz CT molecular complexity index is 1870. The van der Waals surface area contributed by atoms with Crippen LogP contribution in [0.1, 0.15) is 128 Å². The SMILES string of the molecule is CCCCCCCCCCCCCCCCCOC(=O)[C@H](Cc1ccccc1)NP(=O)(OC[C@@]1(C)O[C@@H](n2cnc3c(N)nc(F)nc32)C[C@@H]1O)Oc1ccccc1. The highest BCUT2D eigenvalue weighted by atomic mass is 31.2. The Hall–Kier alpha value is -3.94. The topological polar surface area (TPSA) is 173 Å². The number of hydrogen-bond acceptors (Lipinski definition) is 11. The van der Waals surface area contributed by atoms with Gasteiger partial charge in [0.15, 0.2) is 17.0 Å². The van der Waals surface area contributed by atoms with Crippen molar-refractivity contribution in [1.82, 2.24) is 24.6 Å². The van der Waals surface area contributed by atoms with Crippen molar-refractivity contribution in [2.24, 2.45) is 0 Å². The van der Waals surface area contributed by atoms with Gasteiger partial charge in [-0.05, 0) is 37.5 Å². The van der Waals surface area contributed by atoms with Crippen LogP contribution in [0.2, 0.25) is 0 Å². The molecule has 2 aromatic carbocycles. The average Bonchev–Trinajstić information content (AvgIpc) is 3.77. The first kappa shape index (κ1) is 45.1. The maximum atomic E-state index is 14.7. The highest BCUT2D eigenvalue weighted by Crippen LogP contribution is 2.48. The van der Waals surface area contributed by atoms with E-state index in [9.17, 15) is 18.9 Å². The summed E-state index contributed by atoms with van der Waals surface area (Å²) >= 11 is 0. The first-order valence-corrected chi connectivity index (χ1v) is 22.6. The van der Waals surface area contributed by atoms with Crippen LogP contribution >= 0.6 is 7.75 Å². The molecule has 1 aliphatic rings. The Labute approximate surface area is 342 Å². The van der Waals surface area contributed by atoms with Crippen molar-refractivity contribution in [2.75, 3.05) is 18.9 Å². The van der Waals surface area contributed by atoms with E-state index in [2.05, 4.69) is 27.0 Å². The van der Waals surface area contributed by atoms with Crippen LogP contribution in [0.4, 0.5) is 10.2 Å². The second-order valence-corrected chi connectivity index (χ2v) is 17.2. The Morgan fingerprint density at radius 2 is 1.53 bits per heavy atom. The Kier molecular flexibility index (Phi) is 17.9. The molecule has 1 saturated heterocycles. The number of imidazole rings is 1. The van der Waals surface area contributed by atoms with Crippen LogP contribution < -0.4 is 15.3 Å². The van der Waals surface area contributed by atoms with Crippen LogP contribution in [-0.4, -0.2) is 61.6 Å². The van der Waals surface area contributed by atoms with Crippen molar-refractivity contribution in [3.63, 3.8) is 0 Å². The van der Waals surface area contributed by atoms with E-state index in [1.807, 2.05) is 30.3 Å². The maximum absolute atomic E-state index is 14.7. The molecule has 0 spiro atoms. The molecule has 1 fully saturated rings. The summed E-state index contributed by atoms with van der Waals surface area (Å²) in [6.45, 7) is 3.68. The minimum Gasteiger partial charge on any atom is -0.465 e. The fourth-order valence-corrected chi connectivity index (χ4v) is 8.78. The van der Waals surface area contributed by atoms with Crippen molar-refractivity contribution in [3.05, 3.63) is 78.6 Å². The van der Waals surface area contributed by atoms with Crippen LogP contribution in [0.3, 0.4) is 0 Å². The fourth-order valence-electron chi connectivity index (χ4n) is 7.19. The van der Waals surface area contributed by atoms with Crippen LogP contribution in [0.5, 0.6) is 5.75 Å². The van der Waals surface area contributed by atoms with Gasteiger partial charge >= 0.3 is 19.8 Å². The maximum Gasteiger partial charge on any atom is 0.459 e. The van der Waals surface area contributed by atoms with E-state index in [0.29, 0.717) is 0 Å². The number of aliphatic hydroxyl groups is 1. The van der Waals surface area contributed by atoms with Crippen molar-refractivity contribution < 1.29 is 37.4 Å². The zero-order valence-corrected chi connectivity index (χ0v) is 35.0. The van der Waals surface area contributed by atoms with Gasteiger partial charge in [0, 0.05) is 6.42 Å². The summed E-state index contributed by atoms with van der Waals surface area (Å²) in [6.07, 6.45) is 17.1. The highest BCUT2D eigenvalue weighted by Gasteiger charge is 2.48. The predicted molar refractivity (Wildman–Crippen MR) is 222 cm³/mol. The third-order valence-electron chi connectivity index (χ3n) is 10.6. The minimum atomic E-state index is -4.37. The lowest BCUT2D eigenvalue weighted by molar-refractivity contribution is -0.146. The number of rotatable bonds is 27. The Morgan fingerprint density at radius 3 is 2.16 bits per heavy atom. The number of nitrogen functional groups attached to an aromatic ring is 1. The molecule has 318 valence electrons. The average molecular weight is 825 g/mol. The van der Waals surface area contributed by atoms with Crippen molar-refractivity contribution in [3.8, 4) is 5.75 Å². The number of esters is 1. The van der Waals surface area contributed by atoms with Gasteiger partial charge in [0.2, 0.25) is 0 Å². The molecule has 4 N–H and O–H groups in total. The zero-order valence-electron chi connectivity index (χ0n) is 34.1. The first-order valence-electron chi connectivity index (χ1n) is 21.1. The van der Waals surface area contributed by atoms with Crippen LogP contribution in [-0.2, 0) is 29.8 Å². The molecule has 0 saturated carbocycles. The molecule has 1 aliphatic heterocycles. The number of carbonyl (C=O) groups is 1. The Balaban J connectivity index is 1.16. The van der Waals surface area contributed by atoms with Gasteiger partial charge in [0.1, 0.15) is 23.6 Å². The van der Waals surface area contributed by atoms with Crippen molar-refractivity contribution in [2.45, 2.75) is 147 Å². The van der Waals surface area contributed by atoms with E-state index < -0.39 is 50.4 Å². The summed E-state index contributed by atoms with van der Waals surface area (Å²) in [7, 11) is -4.37. The molecule has 58 heavy (non-hydrogen) atoms. The number of para-hydroxylation sites is 1. The van der Waals surface area contributed by atoms with Gasteiger partial charge in [-0.3, -0.25) is 13.9 Å². The van der Waals surface area contributed by atoms with E-state index in [-0.39, 0.29) is 42.2 Å². The minimum absolute atomic E-state index is 0.0520. The second-order valence-electron chi connectivity index (χ2n) is 15.5. The van der Waals surface area contributed by atoms with E-state index in [1.165, 1.54) is 87.9 Å². The van der Waals surface area contributed by atoms with Crippen LogP contribution in [0.15, 0.2) is 67.0 Å². The smallest absolute Gasteiger partial charge is 0.459 e. The summed E-state index contributed by atoms with van der Waals surface area (Å²) in [6, 6.07) is 16.7. The molecule has 4 aromatic rings. The number of aromatic nitrogens is 4. The molecular weight excluding hydrogens is 762 g/mol. The molecule has 15 heteroatoms. The quantitative estimate of drug-likeness (QED) is 0.0225. The zero-order chi connectivity index (χ0) is 41.2. The normalized spacial score (nSPS) is 19.6. The van der Waals surface area contributed by atoms with Gasteiger partial charge in [0.05, 0.1) is 25.6 Å². The molecular formula is C43H62FN6O7P. The second kappa shape index (κ2) is 23.0. The molecule has 5 atom stereocenters. The lowest BCUT2D eigenvalue weighted by Gasteiger charge is -2.31. The monoisotopic (exact) mass is 824 g/mol. The third kappa shape index (κ3) is 13.8. The number of aliphatic hydroxyl groups excluding tert-OH is 1. The first-order chi connectivity index (χ1) is 28.1. The van der Waals surface area contributed by atoms with Gasteiger partial charge in [-0.1, -0.05) is 145 Å². The lowest BCUT2D eigenvalue weighted by atomic mass is 10.0. The molecule has 0 amide bonds. The Morgan fingerprint density at radius 1 is 0.948 bits per heavy atom. The molecule has 5 rings (SSSR count). The predicted octanol–water partition coefficient (Wildman–Crippen LogP) is 9.41. The van der Waals surface area contributed by atoms with E-state index in [4.69, 9.17) is 24.3 Å². The highest BCUT2D eigenvalue weighted by molar-refractivity contribution is 7.52. The van der Waals surface area contributed by atoms with Crippen molar-refractivity contribution in [1.29, 1.82) is 0 Å². The number of ether oxygens (including phenoxy) is 2. The standard InChI is InChI=1S/C43H62FN6O7P/c1-3-4-5-6-7-8-9-10-11-12-13-14-15-16-23-28-54-41(52)35(29-33-24-19-17-20-25-33)49-58(53,57-34-26-21-18-22-27-34)55-31-43(2)36(51)30-37(56-43)50-32-46-38-39(45)47-42(44)48-40(38)50/h17-22,24-27,32,35-37,51H,3-16,23,28-31H2,1-2H3,(H,49,53)(H2,45,47,48)/t35-,36-,37+,43+,58?/m0/s1. The van der Waals surface area contributed by atoms with E-state index in [1.54, 1.807) is 37.3 Å². The van der Waals surface area contributed by atoms with Gasteiger partial charge < -0.3 is 24.8 Å². The summed E-state index contributed by atoms with van der Waals surface area (Å²) in [4.78, 5) is 25.2. The molecule has 13 nitrogen and oxygen atoms in total. The fraction of sp³-hybridized carbons (Fsp3) is 0.581. The number of nitrogens with zero attached hydrogens (tertiary/aromatic N) is 4. The molecule has 1 unspecified atom stereocenters. The van der Waals surface area contributed by atoms with Gasteiger partial charge in [-0.25, -0.2) is 9.55 Å². The van der Waals surface area contributed by atoms with Crippen molar-refractivity contribution >= 4 is 30.7 Å². The summed E-state index contributed by atoms with van der Waals surface area (Å²) in [5.41, 5.74) is 5.52. The summed E-state index contributed by atoms with van der Waals surface area (Å²) in [5, 5.41) is 14.1. The van der Waals surface area contributed by atoms with Gasteiger partial charge in [0.25, 0.3) is 0 Å². The number of fused-ring (bicyclic) bond motifs is 1. The summed E-state index contributed by atoms with van der Waals surface area (Å²) in [5.74, 6) is -0.476.